The molecule has 0 aliphatic rings. The molecule has 0 saturated heterocycles. The fourth-order valence-electron chi connectivity index (χ4n) is 0.815. The number of aryl methyl sites for hydroxylation is 1. The van der Waals surface area contributed by atoms with E-state index in [1.54, 1.807) is 11.3 Å². The largest absolute Gasteiger partial charge is 0.327 e. The van der Waals surface area contributed by atoms with Crippen molar-refractivity contribution in [3.63, 3.8) is 0 Å². The molecule has 0 spiro atoms. The molecular formula is C9H13NS. The molecule has 11 heavy (non-hydrogen) atoms. The molecule has 0 saturated carbocycles. The summed E-state index contributed by atoms with van der Waals surface area (Å²) in [5, 5.41) is 2.10. The lowest BCUT2D eigenvalue weighted by Crippen LogP contribution is -1.98. The summed E-state index contributed by atoms with van der Waals surface area (Å²) in [5.74, 6) is 0. The third kappa shape index (κ3) is 2.17. The fraction of sp³-hybridized carbons (Fsp3) is 0.333. The Morgan fingerprint density at radius 2 is 2.45 bits per heavy atom. The van der Waals surface area contributed by atoms with Gasteiger partial charge >= 0.3 is 0 Å². The van der Waals surface area contributed by atoms with E-state index >= 15 is 0 Å². The van der Waals surface area contributed by atoms with Crippen molar-refractivity contribution in [2.75, 3.05) is 6.54 Å². The Morgan fingerprint density at radius 1 is 1.73 bits per heavy atom. The first-order chi connectivity index (χ1) is 5.24. The van der Waals surface area contributed by atoms with Crippen LogP contribution in [0.5, 0.6) is 0 Å². The maximum Gasteiger partial charge on any atom is 0.0299 e. The molecule has 0 fully saturated rings. The summed E-state index contributed by atoms with van der Waals surface area (Å²) < 4.78 is 0. The van der Waals surface area contributed by atoms with Crippen LogP contribution in [0.4, 0.5) is 0 Å². The van der Waals surface area contributed by atoms with E-state index in [1.165, 1.54) is 16.0 Å². The molecule has 0 unspecified atom stereocenters. The third-order valence-corrected chi connectivity index (χ3v) is 2.57. The molecule has 1 rings (SSSR count). The first-order valence-corrected chi connectivity index (χ1v) is 4.53. The molecule has 1 aromatic rings. The predicted molar refractivity (Wildman–Crippen MR) is 51.8 cm³/mol. The minimum atomic E-state index is 0.650. The zero-order valence-electron chi connectivity index (χ0n) is 6.92. The Labute approximate surface area is 71.5 Å². The summed E-state index contributed by atoms with van der Waals surface area (Å²) in [7, 11) is 0. The van der Waals surface area contributed by atoms with E-state index in [-0.39, 0.29) is 0 Å². The Balaban J connectivity index is 2.86. The van der Waals surface area contributed by atoms with E-state index in [0.717, 1.165) is 0 Å². The normalized spacial score (nSPS) is 12.1. The van der Waals surface area contributed by atoms with Gasteiger partial charge in [-0.15, -0.1) is 11.3 Å². The van der Waals surface area contributed by atoms with E-state index in [2.05, 4.69) is 31.4 Å². The summed E-state index contributed by atoms with van der Waals surface area (Å²) in [6, 6.07) is 2.13. The molecule has 0 radical (unpaired) electrons. The van der Waals surface area contributed by atoms with Gasteiger partial charge in [-0.3, -0.25) is 0 Å². The predicted octanol–water partition coefficient (Wildman–Crippen LogP) is 2.42. The average Bonchev–Trinajstić information content (AvgIpc) is 2.37. The van der Waals surface area contributed by atoms with Crippen molar-refractivity contribution in [3.05, 3.63) is 27.5 Å². The summed E-state index contributed by atoms with van der Waals surface area (Å²) in [5.41, 5.74) is 8.04. The van der Waals surface area contributed by atoms with Gasteiger partial charge in [0.1, 0.15) is 0 Å². The Bertz CT molecular complexity index is 260. The first-order valence-electron chi connectivity index (χ1n) is 3.65. The first kappa shape index (κ1) is 8.50. The molecule has 60 valence electrons. The molecular weight excluding hydrogens is 154 g/mol. The molecule has 2 N–H and O–H groups in total. The van der Waals surface area contributed by atoms with Gasteiger partial charge in [-0.05, 0) is 36.9 Å². The Hall–Kier alpha value is -0.600. The lowest BCUT2D eigenvalue weighted by molar-refractivity contribution is 1.15. The highest BCUT2D eigenvalue weighted by Gasteiger charge is 1.94. The highest BCUT2D eigenvalue weighted by Crippen LogP contribution is 2.18. The van der Waals surface area contributed by atoms with Crippen molar-refractivity contribution >= 4 is 17.4 Å². The molecule has 0 aromatic carbocycles. The molecule has 0 aliphatic heterocycles. The van der Waals surface area contributed by atoms with Crippen LogP contribution in [0.3, 0.4) is 0 Å². The minimum absolute atomic E-state index is 0.650. The van der Waals surface area contributed by atoms with Crippen LogP contribution in [-0.2, 0) is 0 Å². The zero-order chi connectivity index (χ0) is 8.27. The second-order valence-electron chi connectivity index (χ2n) is 2.66. The van der Waals surface area contributed by atoms with Crippen LogP contribution in [0.15, 0.2) is 17.0 Å². The Kier molecular flexibility index (Phi) is 2.85. The van der Waals surface area contributed by atoms with Crippen molar-refractivity contribution in [2.45, 2.75) is 13.8 Å². The highest BCUT2D eigenvalue weighted by molar-refractivity contribution is 7.11. The number of nitrogens with two attached hydrogens (primary N) is 1. The second-order valence-corrected chi connectivity index (χ2v) is 3.61. The van der Waals surface area contributed by atoms with Crippen LogP contribution >= 0.6 is 11.3 Å². The molecule has 0 amide bonds. The van der Waals surface area contributed by atoms with Gasteiger partial charge in [0.2, 0.25) is 0 Å². The number of hydrogen-bond donors (Lipinski definition) is 1. The summed E-state index contributed by atoms with van der Waals surface area (Å²) in [4.78, 5) is 1.33. The average molecular weight is 167 g/mol. The van der Waals surface area contributed by atoms with Crippen molar-refractivity contribution in [2.24, 2.45) is 5.73 Å². The monoisotopic (exact) mass is 167 g/mol. The van der Waals surface area contributed by atoms with Crippen molar-refractivity contribution < 1.29 is 0 Å². The number of hydrogen-bond acceptors (Lipinski definition) is 2. The van der Waals surface area contributed by atoms with Gasteiger partial charge in [-0.2, -0.15) is 0 Å². The van der Waals surface area contributed by atoms with E-state index < -0.39 is 0 Å². The molecule has 0 aliphatic carbocycles. The second kappa shape index (κ2) is 3.69. The topological polar surface area (TPSA) is 26.0 Å². The molecule has 0 bridgehead atoms. The molecule has 1 nitrogen and oxygen atoms in total. The zero-order valence-corrected chi connectivity index (χ0v) is 7.74. The molecule has 1 heterocycles. The van der Waals surface area contributed by atoms with E-state index in [4.69, 9.17) is 5.73 Å². The summed E-state index contributed by atoms with van der Waals surface area (Å²) >= 11 is 1.76. The van der Waals surface area contributed by atoms with Crippen LogP contribution in [0, 0.1) is 6.92 Å². The van der Waals surface area contributed by atoms with Gasteiger partial charge < -0.3 is 5.73 Å². The summed E-state index contributed by atoms with van der Waals surface area (Å²) in [6.45, 7) is 4.82. The van der Waals surface area contributed by atoms with Gasteiger partial charge in [-0.25, -0.2) is 0 Å². The third-order valence-electron chi connectivity index (χ3n) is 1.60. The molecule has 2 heteroatoms. The lowest BCUT2D eigenvalue weighted by Gasteiger charge is -1.94. The van der Waals surface area contributed by atoms with Crippen LogP contribution in [0.25, 0.3) is 6.08 Å². The summed E-state index contributed by atoms with van der Waals surface area (Å²) in [6.07, 6.45) is 2.15. The lowest BCUT2D eigenvalue weighted by atomic mass is 10.2. The maximum atomic E-state index is 5.48. The van der Waals surface area contributed by atoms with E-state index in [1.807, 2.05) is 0 Å². The van der Waals surface area contributed by atoms with Gasteiger partial charge in [-0.1, -0.05) is 5.57 Å². The smallest absolute Gasteiger partial charge is 0.0299 e. The van der Waals surface area contributed by atoms with Gasteiger partial charge in [0.25, 0.3) is 0 Å². The van der Waals surface area contributed by atoms with Gasteiger partial charge in [0.05, 0.1) is 0 Å². The maximum absolute atomic E-state index is 5.48. The van der Waals surface area contributed by atoms with Crippen LogP contribution in [0.2, 0.25) is 0 Å². The van der Waals surface area contributed by atoms with E-state index in [9.17, 15) is 0 Å². The quantitative estimate of drug-likeness (QED) is 0.719. The molecule has 0 atom stereocenters. The van der Waals surface area contributed by atoms with Crippen molar-refractivity contribution in [1.29, 1.82) is 0 Å². The standard InChI is InChI=1S/C9H13NS/c1-7(6-10)5-9-8(2)3-4-11-9/h3-5H,6,10H2,1-2H3. The van der Waals surface area contributed by atoms with Gasteiger partial charge in [0, 0.05) is 11.4 Å². The number of thiophene rings is 1. The number of rotatable bonds is 2. The van der Waals surface area contributed by atoms with Crippen LogP contribution < -0.4 is 5.73 Å². The van der Waals surface area contributed by atoms with Crippen LogP contribution in [-0.4, -0.2) is 6.54 Å². The Morgan fingerprint density at radius 3 is 2.91 bits per heavy atom. The van der Waals surface area contributed by atoms with Crippen molar-refractivity contribution in [3.8, 4) is 0 Å². The SMILES string of the molecule is CC(=Cc1sccc1C)CN. The minimum Gasteiger partial charge on any atom is -0.327 e. The van der Waals surface area contributed by atoms with Gasteiger partial charge in [0.15, 0.2) is 0 Å². The van der Waals surface area contributed by atoms with Crippen LogP contribution in [0.1, 0.15) is 17.4 Å². The highest BCUT2D eigenvalue weighted by atomic mass is 32.1. The fourth-order valence-corrected chi connectivity index (χ4v) is 1.76. The van der Waals surface area contributed by atoms with Crippen molar-refractivity contribution in [1.82, 2.24) is 0 Å². The van der Waals surface area contributed by atoms with E-state index in [0.29, 0.717) is 6.54 Å². The molecule has 1 aromatic heterocycles.